The van der Waals surface area contributed by atoms with Gasteiger partial charge in [-0.25, -0.2) is 12.8 Å². The van der Waals surface area contributed by atoms with Gasteiger partial charge < -0.3 is 5.32 Å². The van der Waals surface area contributed by atoms with Gasteiger partial charge in [-0.15, -0.1) is 11.3 Å². The van der Waals surface area contributed by atoms with E-state index in [9.17, 15) is 12.8 Å². The summed E-state index contributed by atoms with van der Waals surface area (Å²) in [5.74, 6) is -0.716. The lowest BCUT2D eigenvalue weighted by Crippen LogP contribution is -2.13. The maximum absolute atomic E-state index is 13.6. The first-order chi connectivity index (χ1) is 9.44. The van der Waals surface area contributed by atoms with Crippen molar-refractivity contribution >= 4 is 38.6 Å². The van der Waals surface area contributed by atoms with Gasteiger partial charge in [-0.3, -0.25) is 4.72 Å². The molecule has 2 rings (SSSR count). The molecule has 20 heavy (non-hydrogen) atoms. The summed E-state index contributed by atoms with van der Waals surface area (Å²) >= 11 is 7.12. The average molecular weight is 335 g/mol. The number of hydrogen-bond donors (Lipinski definition) is 2. The first-order valence-electron chi connectivity index (χ1n) is 5.63. The van der Waals surface area contributed by atoms with E-state index in [0.29, 0.717) is 6.54 Å². The van der Waals surface area contributed by atoms with Gasteiger partial charge in [0, 0.05) is 16.8 Å². The molecule has 0 unspecified atom stereocenters. The van der Waals surface area contributed by atoms with Crippen LogP contribution >= 0.6 is 22.9 Å². The molecule has 4 nitrogen and oxygen atoms in total. The minimum absolute atomic E-state index is 0.0132. The summed E-state index contributed by atoms with van der Waals surface area (Å²) in [4.78, 5) is 0.958. The molecule has 1 aromatic heterocycles. The van der Waals surface area contributed by atoms with E-state index in [2.05, 4.69) is 10.0 Å². The third-order valence-electron chi connectivity index (χ3n) is 2.49. The molecule has 0 atom stereocenters. The van der Waals surface area contributed by atoms with E-state index in [4.69, 9.17) is 11.6 Å². The summed E-state index contributed by atoms with van der Waals surface area (Å²) < 4.78 is 40.1. The monoisotopic (exact) mass is 334 g/mol. The first-order valence-corrected chi connectivity index (χ1v) is 8.37. The molecule has 0 saturated carbocycles. The predicted octanol–water partition coefficient (Wildman–Crippen LogP) is 3.06. The maximum atomic E-state index is 13.6. The summed E-state index contributed by atoms with van der Waals surface area (Å²) in [7, 11) is -2.08. The van der Waals surface area contributed by atoms with Crippen LogP contribution in [0, 0.1) is 5.82 Å². The Morgan fingerprint density at radius 3 is 2.80 bits per heavy atom. The van der Waals surface area contributed by atoms with E-state index < -0.39 is 15.8 Å². The lowest BCUT2D eigenvalue weighted by molar-refractivity contribution is 0.599. The predicted molar refractivity (Wildman–Crippen MR) is 79.3 cm³/mol. The van der Waals surface area contributed by atoms with Gasteiger partial charge in [0.1, 0.15) is 11.5 Å². The molecular weight excluding hydrogens is 323 g/mol. The van der Waals surface area contributed by atoms with Crippen LogP contribution in [0.5, 0.6) is 0 Å². The van der Waals surface area contributed by atoms with Crippen LogP contribution in [0.3, 0.4) is 0 Å². The van der Waals surface area contributed by atoms with Crippen molar-refractivity contribution in [1.82, 2.24) is 5.32 Å². The van der Waals surface area contributed by atoms with Gasteiger partial charge in [0.25, 0.3) is 10.0 Å². The van der Waals surface area contributed by atoms with Crippen LogP contribution in [0.25, 0.3) is 0 Å². The van der Waals surface area contributed by atoms with Crippen molar-refractivity contribution in [3.05, 3.63) is 45.4 Å². The summed E-state index contributed by atoms with van der Waals surface area (Å²) in [6.45, 7) is 0.570. The van der Waals surface area contributed by atoms with Gasteiger partial charge in [0.2, 0.25) is 0 Å². The zero-order chi connectivity index (χ0) is 14.8. The van der Waals surface area contributed by atoms with Crippen LogP contribution in [-0.4, -0.2) is 15.5 Å². The number of anilines is 1. The van der Waals surface area contributed by atoms with Crippen LogP contribution in [0.15, 0.2) is 34.5 Å². The zero-order valence-corrected chi connectivity index (χ0v) is 12.9. The van der Waals surface area contributed by atoms with Crippen molar-refractivity contribution in [1.29, 1.82) is 0 Å². The zero-order valence-electron chi connectivity index (χ0n) is 10.5. The third kappa shape index (κ3) is 3.29. The van der Waals surface area contributed by atoms with Crippen molar-refractivity contribution in [3.63, 3.8) is 0 Å². The van der Waals surface area contributed by atoms with E-state index in [-0.39, 0.29) is 15.6 Å². The van der Waals surface area contributed by atoms with E-state index in [1.165, 1.54) is 34.9 Å². The number of nitrogens with one attached hydrogen (secondary N) is 2. The number of hydrogen-bond acceptors (Lipinski definition) is 4. The highest BCUT2D eigenvalue weighted by atomic mass is 35.5. The van der Waals surface area contributed by atoms with Crippen LogP contribution in [0.1, 0.15) is 4.88 Å². The van der Waals surface area contributed by atoms with Crippen molar-refractivity contribution in [3.8, 4) is 0 Å². The van der Waals surface area contributed by atoms with Crippen LogP contribution < -0.4 is 10.0 Å². The molecule has 0 saturated heterocycles. The Morgan fingerprint density at radius 2 is 2.15 bits per heavy atom. The molecule has 0 spiro atoms. The number of halogens is 2. The Kier molecular flexibility index (Phi) is 4.64. The van der Waals surface area contributed by atoms with E-state index >= 15 is 0 Å². The largest absolute Gasteiger partial charge is 0.315 e. The molecule has 2 N–H and O–H groups in total. The normalized spacial score (nSPS) is 11.6. The Balaban J connectivity index is 2.31. The molecule has 0 aliphatic carbocycles. The topological polar surface area (TPSA) is 58.2 Å². The highest BCUT2D eigenvalue weighted by Gasteiger charge is 2.19. The minimum Gasteiger partial charge on any atom is -0.315 e. The molecular formula is C12H12ClFN2O2S2. The summed E-state index contributed by atoms with van der Waals surface area (Å²) in [5, 5.41) is 4.45. The molecule has 108 valence electrons. The number of thiophene rings is 1. The fraction of sp³-hybridized carbons (Fsp3) is 0.167. The molecule has 0 aliphatic rings. The molecule has 0 aliphatic heterocycles. The Hall–Kier alpha value is -1.15. The van der Waals surface area contributed by atoms with Crippen LogP contribution in [-0.2, 0) is 16.6 Å². The van der Waals surface area contributed by atoms with Gasteiger partial charge in [0.05, 0.1) is 9.92 Å². The third-order valence-corrected chi connectivity index (χ3v) is 5.22. The van der Waals surface area contributed by atoms with E-state index in [0.717, 1.165) is 10.9 Å². The summed E-state index contributed by atoms with van der Waals surface area (Å²) in [5.41, 5.74) is -0.240. The fourth-order valence-electron chi connectivity index (χ4n) is 1.56. The van der Waals surface area contributed by atoms with Gasteiger partial charge >= 0.3 is 0 Å². The summed E-state index contributed by atoms with van der Waals surface area (Å²) in [6.07, 6.45) is 0. The second-order valence-corrected chi connectivity index (χ2v) is 7.07. The maximum Gasteiger partial charge on any atom is 0.262 e. The van der Waals surface area contributed by atoms with Gasteiger partial charge in [0.15, 0.2) is 0 Å². The number of rotatable bonds is 5. The molecule has 1 aromatic carbocycles. The van der Waals surface area contributed by atoms with E-state index in [1.54, 1.807) is 7.05 Å². The Bertz CT molecular complexity index is 696. The van der Waals surface area contributed by atoms with Crippen LogP contribution in [0.2, 0.25) is 5.02 Å². The van der Waals surface area contributed by atoms with Crippen molar-refractivity contribution in [2.75, 3.05) is 11.8 Å². The number of para-hydroxylation sites is 1. The fourth-order valence-corrected chi connectivity index (χ4v) is 4.20. The van der Waals surface area contributed by atoms with E-state index in [1.807, 2.05) is 0 Å². The molecule has 2 aromatic rings. The molecule has 1 heterocycles. The molecule has 0 fully saturated rings. The quantitative estimate of drug-likeness (QED) is 0.883. The van der Waals surface area contributed by atoms with Crippen molar-refractivity contribution in [2.24, 2.45) is 0 Å². The van der Waals surface area contributed by atoms with Gasteiger partial charge in [-0.05, 0) is 25.2 Å². The lowest BCUT2D eigenvalue weighted by Gasteiger charge is -2.09. The molecule has 0 radical (unpaired) electrons. The summed E-state index contributed by atoms with van der Waals surface area (Å²) in [6, 6.07) is 5.51. The Labute approximate surface area is 125 Å². The average Bonchev–Trinajstić information content (AvgIpc) is 2.84. The molecule has 0 amide bonds. The first kappa shape index (κ1) is 15.2. The Morgan fingerprint density at radius 1 is 1.40 bits per heavy atom. The second kappa shape index (κ2) is 6.09. The smallest absolute Gasteiger partial charge is 0.262 e. The highest BCUT2D eigenvalue weighted by molar-refractivity contribution is 7.92. The number of benzene rings is 1. The molecule has 0 bridgehead atoms. The van der Waals surface area contributed by atoms with Gasteiger partial charge in [-0.2, -0.15) is 0 Å². The number of sulfonamides is 1. The lowest BCUT2D eigenvalue weighted by atomic mass is 10.3. The van der Waals surface area contributed by atoms with Gasteiger partial charge in [-0.1, -0.05) is 17.7 Å². The molecule has 8 heteroatoms. The minimum atomic E-state index is -3.85. The second-order valence-electron chi connectivity index (χ2n) is 3.98. The van der Waals surface area contributed by atoms with Crippen LogP contribution in [0.4, 0.5) is 10.1 Å². The van der Waals surface area contributed by atoms with Crippen molar-refractivity contribution < 1.29 is 12.8 Å². The highest BCUT2D eigenvalue weighted by Crippen LogP contribution is 2.28. The van der Waals surface area contributed by atoms with Crippen molar-refractivity contribution in [2.45, 2.75) is 11.4 Å². The standard InChI is InChI=1S/C12H12ClFN2O2S2/c1-15-6-8-5-9(7-19-8)20(17,18)16-12-10(13)3-2-4-11(12)14/h2-5,7,15-16H,6H2,1H3. The SMILES string of the molecule is CNCc1cc(S(=O)(=O)Nc2c(F)cccc2Cl)cs1.